The maximum atomic E-state index is 11.4. The van der Waals surface area contributed by atoms with Gasteiger partial charge in [0.25, 0.3) is 0 Å². The van der Waals surface area contributed by atoms with E-state index in [9.17, 15) is 4.79 Å². The number of ether oxygens (including phenoxy) is 1. The summed E-state index contributed by atoms with van der Waals surface area (Å²) in [5.41, 5.74) is 0. The molecule has 2 saturated heterocycles. The van der Waals surface area contributed by atoms with Crippen molar-refractivity contribution in [1.29, 1.82) is 0 Å². The van der Waals surface area contributed by atoms with E-state index in [0.29, 0.717) is 5.92 Å². The highest BCUT2D eigenvalue weighted by atomic mass is 32.2. The number of hydrogen-bond donors (Lipinski definition) is 1. The number of nitrogens with one attached hydrogen (secondary N) is 1. The Balaban J connectivity index is 1.73. The molecule has 0 aliphatic carbocycles. The van der Waals surface area contributed by atoms with Crippen molar-refractivity contribution < 1.29 is 9.53 Å². The zero-order chi connectivity index (χ0) is 11.4. The number of carbonyl (C=O) groups excluding carboxylic acids is 1. The van der Waals surface area contributed by atoms with E-state index < -0.39 is 0 Å². The molecule has 2 aliphatic rings. The van der Waals surface area contributed by atoms with Crippen molar-refractivity contribution in [2.45, 2.75) is 31.7 Å². The second kappa shape index (κ2) is 5.92. The molecule has 0 aromatic carbocycles. The summed E-state index contributed by atoms with van der Waals surface area (Å²) < 4.78 is 4.77. The van der Waals surface area contributed by atoms with E-state index in [1.54, 1.807) is 0 Å². The maximum Gasteiger partial charge on any atom is 0.322 e. The number of hydrogen-bond acceptors (Lipinski definition) is 4. The van der Waals surface area contributed by atoms with Crippen molar-refractivity contribution in [3.63, 3.8) is 0 Å². The predicted molar refractivity (Wildman–Crippen MR) is 66.6 cm³/mol. The summed E-state index contributed by atoms with van der Waals surface area (Å²) in [4.78, 5) is 11.4. The highest BCUT2D eigenvalue weighted by Crippen LogP contribution is 2.30. The number of esters is 1. The number of methoxy groups -OCH3 is 1. The molecule has 4 heteroatoms. The normalized spacial score (nSPS) is 34.9. The highest BCUT2D eigenvalue weighted by molar-refractivity contribution is 7.99. The van der Waals surface area contributed by atoms with Gasteiger partial charge in [-0.05, 0) is 55.6 Å². The van der Waals surface area contributed by atoms with Gasteiger partial charge in [-0.25, -0.2) is 0 Å². The zero-order valence-corrected chi connectivity index (χ0v) is 10.7. The second-order valence-electron chi connectivity index (χ2n) is 4.90. The van der Waals surface area contributed by atoms with Gasteiger partial charge in [0.05, 0.1) is 7.11 Å². The van der Waals surface area contributed by atoms with Crippen LogP contribution in [0.5, 0.6) is 0 Å². The standard InChI is InChI=1S/C12H21NO2S/c1-15-12(14)11-6-10(7-13-11)5-9-3-2-4-16-8-9/h9-11,13H,2-8H2,1H3. The summed E-state index contributed by atoms with van der Waals surface area (Å²) >= 11 is 2.09. The monoisotopic (exact) mass is 243 g/mol. The first-order valence-electron chi connectivity index (χ1n) is 6.18. The van der Waals surface area contributed by atoms with E-state index in [1.807, 2.05) is 0 Å². The van der Waals surface area contributed by atoms with Gasteiger partial charge in [-0.3, -0.25) is 4.79 Å². The average molecular weight is 243 g/mol. The van der Waals surface area contributed by atoms with Gasteiger partial charge in [-0.15, -0.1) is 0 Å². The molecular weight excluding hydrogens is 222 g/mol. The summed E-state index contributed by atoms with van der Waals surface area (Å²) in [7, 11) is 1.47. The fraction of sp³-hybridized carbons (Fsp3) is 0.917. The molecule has 2 rings (SSSR count). The molecule has 0 spiro atoms. The van der Waals surface area contributed by atoms with Crippen molar-refractivity contribution >= 4 is 17.7 Å². The fourth-order valence-corrected chi connectivity index (χ4v) is 3.95. The fourth-order valence-electron chi connectivity index (χ4n) is 2.78. The number of carbonyl (C=O) groups is 1. The molecule has 0 amide bonds. The SMILES string of the molecule is COC(=O)C1CC(CC2CCCSC2)CN1. The predicted octanol–water partition coefficient (Wildman–Crippen LogP) is 1.67. The molecule has 0 bridgehead atoms. The lowest BCUT2D eigenvalue weighted by Crippen LogP contribution is -2.31. The summed E-state index contributed by atoms with van der Waals surface area (Å²) in [5.74, 6) is 4.11. The van der Waals surface area contributed by atoms with E-state index in [4.69, 9.17) is 4.74 Å². The topological polar surface area (TPSA) is 38.3 Å². The largest absolute Gasteiger partial charge is 0.468 e. The Morgan fingerprint density at radius 3 is 3.06 bits per heavy atom. The zero-order valence-electron chi connectivity index (χ0n) is 9.91. The van der Waals surface area contributed by atoms with Crippen LogP contribution in [-0.4, -0.2) is 37.2 Å². The summed E-state index contributed by atoms with van der Waals surface area (Å²) in [6, 6.07) is -0.0498. The third kappa shape index (κ3) is 3.14. The molecular formula is C12H21NO2S. The lowest BCUT2D eigenvalue weighted by atomic mass is 9.90. The molecule has 2 fully saturated rings. The van der Waals surface area contributed by atoms with Gasteiger partial charge in [-0.1, -0.05) is 0 Å². The third-order valence-electron chi connectivity index (χ3n) is 3.63. The Hall–Kier alpha value is -0.220. The van der Waals surface area contributed by atoms with Crippen LogP contribution in [-0.2, 0) is 9.53 Å². The van der Waals surface area contributed by atoms with E-state index in [0.717, 1.165) is 18.9 Å². The molecule has 2 heterocycles. The smallest absolute Gasteiger partial charge is 0.322 e. The average Bonchev–Trinajstić information content (AvgIpc) is 2.78. The Bertz CT molecular complexity index is 241. The van der Waals surface area contributed by atoms with Crippen molar-refractivity contribution in [2.24, 2.45) is 11.8 Å². The van der Waals surface area contributed by atoms with Crippen LogP contribution in [0.15, 0.2) is 0 Å². The maximum absolute atomic E-state index is 11.4. The molecule has 3 unspecified atom stereocenters. The summed E-state index contributed by atoms with van der Waals surface area (Å²) in [5, 5.41) is 3.27. The van der Waals surface area contributed by atoms with Crippen LogP contribution in [0.1, 0.15) is 25.7 Å². The van der Waals surface area contributed by atoms with E-state index in [1.165, 1.54) is 37.9 Å². The lowest BCUT2D eigenvalue weighted by molar-refractivity contribution is -0.142. The van der Waals surface area contributed by atoms with Crippen LogP contribution in [0.25, 0.3) is 0 Å². The van der Waals surface area contributed by atoms with Gasteiger partial charge in [0.1, 0.15) is 6.04 Å². The highest BCUT2D eigenvalue weighted by Gasteiger charge is 2.31. The molecule has 1 N–H and O–H groups in total. The van der Waals surface area contributed by atoms with Gasteiger partial charge >= 0.3 is 5.97 Å². The minimum Gasteiger partial charge on any atom is -0.468 e. The van der Waals surface area contributed by atoms with Crippen LogP contribution in [0, 0.1) is 11.8 Å². The number of thioether (sulfide) groups is 1. The second-order valence-corrected chi connectivity index (χ2v) is 6.05. The van der Waals surface area contributed by atoms with Gasteiger partial charge < -0.3 is 10.1 Å². The Morgan fingerprint density at radius 1 is 1.50 bits per heavy atom. The van der Waals surface area contributed by atoms with E-state index >= 15 is 0 Å². The van der Waals surface area contributed by atoms with Gasteiger partial charge in [0.15, 0.2) is 0 Å². The third-order valence-corrected chi connectivity index (χ3v) is 4.91. The Labute approximate surface area is 102 Å². The Morgan fingerprint density at radius 2 is 2.38 bits per heavy atom. The van der Waals surface area contributed by atoms with Gasteiger partial charge in [0, 0.05) is 0 Å². The molecule has 0 saturated carbocycles. The molecule has 16 heavy (non-hydrogen) atoms. The van der Waals surface area contributed by atoms with Gasteiger partial charge in [-0.2, -0.15) is 11.8 Å². The van der Waals surface area contributed by atoms with E-state index in [-0.39, 0.29) is 12.0 Å². The molecule has 0 aromatic rings. The first-order chi connectivity index (χ1) is 7.79. The van der Waals surface area contributed by atoms with Crippen LogP contribution >= 0.6 is 11.8 Å². The first-order valence-corrected chi connectivity index (χ1v) is 7.34. The lowest BCUT2D eigenvalue weighted by Gasteiger charge is -2.23. The van der Waals surface area contributed by atoms with E-state index in [2.05, 4.69) is 17.1 Å². The van der Waals surface area contributed by atoms with Crippen LogP contribution in [0.2, 0.25) is 0 Å². The summed E-state index contributed by atoms with van der Waals surface area (Å²) in [6.07, 6.45) is 5.00. The minimum absolute atomic E-state index is 0.0498. The molecule has 0 radical (unpaired) electrons. The molecule has 3 atom stereocenters. The van der Waals surface area contributed by atoms with Crippen LogP contribution in [0.3, 0.4) is 0 Å². The molecule has 3 nitrogen and oxygen atoms in total. The van der Waals surface area contributed by atoms with Crippen molar-refractivity contribution in [3.05, 3.63) is 0 Å². The number of rotatable bonds is 3. The summed E-state index contributed by atoms with van der Waals surface area (Å²) in [6.45, 7) is 0.987. The van der Waals surface area contributed by atoms with Crippen molar-refractivity contribution in [3.8, 4) is 0 Å². The minimum atomic E-state index is -0.0967. The molecule has 92 valence electrons. The molecule has 0 aromatic heterocycles. The Kier molecular flexibility index (Phi) is 4.53. The molecule has 2 aliphatic heterocycles. The van der Waals surface area contributed by atoms with Crippen LogP contribution < -0.4 is 5.32 Å². The van der Waals surface area contributed by atoms with Crippen molar-refractivity contribution in [2.75, 3.05) is 25.2 Å². The first kappa shape index (κ1) is 12.2. The quantitative estimate of drug-likeness (QED) is 0.765. The van der Waals surface area contributed by atoms with Crippen molar-refractivity contribution in [1.82, 2.24) is 5.32 Å². The van der Waals surface area contributed by atoms with Gasteiger partial charge in [0.2, 0.25) is 0 Å². The van der Waals surface area contributed by atoms with Crippen LogP contribution in [0.4, 0.5) is 0 Å².